The minimum atomic E-state index is 0.234. The fraction of sp³-hybridized carbons (Fsp3) is 0.333. The lowest BCUT2D eigenvalue weighted by atomic mass is 10.0. The number of rotatable bonds is 11. The SMILES string of the molecule is CC(=O)Cc1cccs1.CC/C=C(\C=C/C(C)C)c1nn2cc(C)ccc2c1-c1ccnc(Nc2cccc(CN3CCCC3)c2)n1. The Morgan fingerprint density at radius 3 is 2.64 bits per heavy atom. The van der Waals surface area contributed by atoms with Crippen molar-refractivity contribution in [1.82, 2.24) is 24.5 Å². The van der Waals surface area contributed by atoms with Gasteiger partial charge in [0.25, 0.3) is 0 Å². The second-order valence-electron chi connectivity index (χ2n) is 12.5. The first-order valence-electron chi connectivity index (χ1n) is 16.6. The third kappa shape index (κ3) is 9.56. The molecule has 0 spiro atoms. The van der Waals surface area contributed by atoms with Crippen molar-refractivity contribution < 1.29 is 4.79 Å². The first-order valence-corrected chi connectivity index (χ1v) is 17.5. The van der Waals surface area contributed by atoms with E-state index in [1.165, 1.54) is 31.5 Å². The maximum atomic E-state index is 10.5. The second kappa shape index (κ2) is 16.4. The van der Waals surface area contributed by atoms with Crippen LogP contribution >= 0.6 is 11.3 Å². The summed E-state index contributed by atoms with van der Waals surface area (Å²) in [4.78, 5) is 23.7. The number of anilines is 2. The quantitative estimate of drug-likeness (QED) is 0.144. The number of pyridine rings is 1. The number of aromatic nitrogens is 4. The van der Waals surface area contributed by atoms with Gasteiger partial charge in [0, 0.05) is 35.9 Å². The lowest BCUT2D eigenvalue weighted by Gasteiger charge is -2.15. The zero-order valence-corrected chi connectivity index (χ0v) is 29.1. The van der Waals surface area contributed by atoms with Crippen molar-refractivity contribution >= 4 is 39.8 Å². The van der Waals surface area contributed by atoms with Gasteiger partial charge in [0.2, 0.25) is 5.95 Å². The lowest BCUT2D eigenvalue weighted by molar-refractivity contribution is -0.116. The zero-order chi connectivity index (χ0) is 33.2. The molecule has 8 heteroatoms. The number of Topliss-reactive ketones (excluding diaryl/α,β-unsaturated/α-hetero) is 1. The number of hydrogen-bond acceptors (Lipinski definition) is 7. The molecule has 1 saturated heterocycles. The van der Waals surface area contributed by atoms with Crippen LogP contribution in [0.15, 0.2) is 90.6 Å². The summed E-state index contributed by atoms with van der Waals surface area (Å²) in [7, 11) is 0. The monoisotopic (exact) mass is 646 g/mol. The molecule has 7 nitrogen and oxygen atoms in total. The van der Waals surface area contributed by atoms with E-state index in [9.17, 15) is 4.79 Å². The molecule has 0 radical (unpaired) electrons. The number of carbonyl (C=O) groups excluding carboxylic acids is 1. The molecule has 0 unspecified atom stereocenters. The number of allylic oxidation sites excluding steroid dienone is 4. The van der Waals surface area contributed by atoms with Gasteiger partial charge in [-0.25, -0.2) is 14.5 Å². The summed E-state index contributed by atoms with van der Waals surface area (Å²) in [5, 5.41) is 10.5. The molecule has 5 aromatic rings. The van der Waals surface area contributed by atoms with Gasteiger partial charge in [-0.2, -0.15) is 5.10 Å². The van der Waals surface area contributed by atoms with E-state index in [4.69, 9.17) is 10.1 Å². The highest BCUT2D eigenvalue weighted by Gasteiger charge is 2.19. The Morgan fingerprint density at radius 2 is 1.91 bits per heavy atom. The molecule has 0 aliphatic carbocycles. The Labute approximate surface area is 283 Å². The summed E-state index contributed by atoms with van der Waals surface area (Å²) in [6, 6.07) is 18.8. The Hall–Kier alpha value is -4.40. The molecule has 0 amide bonds. The van der Waals surface area contributed by atoms with Gasteiger partial charge in [-0.3, -0.25) is 9.69 Å². The molecule has 0 atom stereocenters. The molecular formula is C39H46N6OS. The minimum absolute atomic E-state index is 0.234. The lowest BCUT2D eigenvalue weighted by Crippen LogP contribution is -2.18. The Kier molecular flexibility index (Phi) is 11.9. The van der Waals surface area contributed by atoms with Crippen LogP contribution < -0.4 is 5.32 Å². The fourth-order valence-corrected chi connectivity index (χ4v) is 6.43. The Bertz CT molecular complexity index is 1830. The second-order valence-corrected chi connectivity index (χ2v) is 13.5. The van der Waals surface area contributed by atoms with E-state index < -0.39 is 0 Å². The van der Waals surface area contributed by atoms with Crippen LogP contribution in [0.25, 0.3) is 22.3 Å². The van der Waals surface area contributed by atoms with Gasteiger partial charge in [-0.1, -0.05) is 63.3 Å². The van der Waals surface area contributed by atoms with Crippen LogP contribution in [0.1, 0.15) is 68.7 Å². The van der Waals surface area contributed by atoms with Crippen molar-refractivity contribution in [3.63, 3.8) is 0 Å². The maximum absolute atomic E-state index is 10.5. The number of nitrogens with zero attached hydrogens (tertiary/aromatic N) is 5. The fourth-order valence-electron chi connectivity index (χ4n) is 5.66. The van der Waals surface area contributed by atoms with E-state index in [2.05, 4.69) is 104 Å². The molecule has 1 N–H and O–H groups in total. The number of benzene rings is 1. The number of fused-ring (bicyclic) bond motifs is 1. The van der Waals surface area contributed by atoms with Gasteiger partial charge < -0.3 is 5.32 Å². The van der Waals surface area contributed by atoms with E-state index in [-0.39, 0.29) is 5.78 Å². The Balaban J connectivity index is 0.000000417. The van der Waals surface area contributed by atoms with Gasteiger partial charge in [-0.15, -0.1) is 11.3 Å². The van der Waals surface area contributed by atoms with Crippen molar-refractivity contribution in [2.45, 2.75) is 66.8 Å². The van der Waals surface area contributed by atoms with Crippen molar-refractivity contribution in [3.8, 4) is 11.3 Å². The summed E-state index contributed by atoms with van der Waals surface area (Å²) >= 11 is 1.63. The van der Waals surface area contributed by atoms with Crippen LogP contribution in [0.2, 0.25) is 0 Å². The number of ketones is 1. The van der Waals surface area contributed by atoms with Gasteiger partial charge >= 0.3 is 0 Å². The largest absolute Gasteiger partial charge is 0.324 e. The van der Waals surface area contributed by atoms with Gasteiger partial charge in [0.15, 0.2) is 0 Å². The summed E-state index contributed by atoms with van der Waals surface area (Å²) in [5.41, 5.74) is 8.42. The van der Waals surface area contributed by atoms with E-state index in [0.29, 0.717) is 18.3 Å². The highest BCUT2D eigenvalue weighted by molar-refractivity contribution is 7.10. The average Bonchev–Trinajstić information content (AvgIpc) is 3.81. The molecule has 4 aromatic heterocycles. The molecule has 1 aromatic carbocycles. The topological polar surface area (TPSA) is 75.4 Å². The zero-order valence-electron chi connectivity index (χ0n) is 28.2. The van der Waals surface area contributed by atoms with E-state index in [1.807, 2.05) is 34.3 Å². The number of likely N-dealkylation sites (tertiary alicyclic amines) is 1. The predicted molar refractivity (Wildman–Crippen MR) is 196 cm³/mol. The average molecular weight is 647 g/mol. The summed E-state index contributed by atoms with van der Waals surface area (Å²) in [6.45, 7) is 13.6. The standard InChI is InChI=1S/C32H38N6.C7H8OS/c1-5-9-26(14-12-23(2)3)31-30(29-15-13-24(4)21-38(29)36-31)28-16-17-33-32(35-28)34-27-11-8-10-25(20-27)22-37-18-6-7-19-37;1-6(8)5-7-3-2-4-9-7/h8-17,20-21,23H,5-7,18-19,22H2,1-4H3,(H,33,34,35);2-4H,5H2,1H3/b14-12-,26-9+;. The first-order chi connectivity index (χ1) is 22.8. The number of hydrogen-bond donors (Lipinski definition) is 1. The number of nitrogens with one attached hydrogen (secondary N) is 1. The molecule has 1 aliphatic heterocycles. The smallest absolute Gasteiger partial charge is 0.227 e. The van der Waals surface area contributed by atoms with Crippen LogP contribution in [0.3, 0.4) is 0 Å². The van der Waals surface area contributed by atoms with Crippen LogP contribution in [-0.2, 0) is 17.8 Å². The Morgan fingerprint density at radius 1 is 1.09 bits per heavy atom. The first kappa shape index (κ1) is 33.9. The molecule has 244 valence electrons. The maximum Gasteiger partial charge on any atom is 0.227 e. The third-order valence-corrected chi connectivity index (χ3v) is 8.72. The molecular weight excluding hydrogens is 601 g/mol. The highest BCUT2D eigenvalue weighted by Crippen LogP contribution is 2.33. The summed E-state index contributed by atoms with van der Waals surface area (Å²) in [5.74, 6) is 1.27. The van der Waals surface area contributed by atoms with E-state index >= 15 is 0 Å². The molecule has 47 heavy (non-hydrogen) atoms. The molecule has 6 rings (SSSR count). The molecule has 0 bridgehead atoms. The van der Waals surface area contributed by atoms with Crippen molar-refractivity contribution in [2.24, 2.45) is 5.92 Å². The van der Waals surface area contributed by atoms with Crippen molar-refractivity contribution in [1.29, 1.82) is 0 Å². The number of aryl methyl sites for hydroxylation is 1. The summed E-state index contributed by atoms with van der Waals surface area (Å²) < 4.78 is 1.98. The number of thiophene rings is 1. The normalized spacial score (nSPS) is 13.8. The van der Waals surface area contributed by atoms with Gasteiger partial charge in [0.05, 0.1) is 16.8 Å². The van der Waals surface area contributed by atoms with Crippen molar-refractivity contribution in [2.75, 3.05) is 18.4 Å². The molecule has 0 saturated carbocycles. The molecule has 5 heterocycles. The van der Waals surface area contributed by atoms with Gasteiger partial charge in [-0.05, 0) is 105 Å². The van der Waals surface area contributed by atoms with Crippen molar-refractivity contribution in [3.05, 3.63) is 112 Å². The van der Waals surface area contributed by atoms with Crippen LogP contribution in [0, 0.1) is 12.8 Å². The minimum Gasteiger partial charge on any atom is -0.324 e. The van der Waals surface area contributed by atoms with E-state index in [1.54, 1.807) is 18.3 Å². The number of carbonyl (C=O) groups is 1. The predicted octanol–water partition coefficient (Wildman–Crippen LogP) is 9.32. The highest BCUT2D eigenvalue weighted by atomic mass is 32.1. The molecule has 1 fully saturated rings. The van der Waals surface area contributed by atoms with Gasteiger partial charge in [0.1, 0.15) is 11.5 Å². The van der Waals surface area contributed by atoms with Crippen LogP contribution in [0.5, 0.6) is 0 Å². The van der Waals surface area contributed by atoms with Crippen LogP contribution in [-0.4, -0.2) is 43.4 Å². The van der Waals surface area contributed by atoms with Crippen LogP contribution in [0.4, 0.5) is 11.6 Å². The molecule has 1 aliphatic rings. The summed E-state index contributed by atoms with van der Waals surface area (Å²) in [6.07, 6.45) is 14.7. The van der Waals surface area contributed by atoms with E-state index in [0.717, 1.165) is 57.1 Å². The third-order valence-electron chi connectivity index (χ3n) is 7.84.